The minimum atomic E-state index is 0.172. The third-order valence-corrected chi connectivity index (χ3v) is 5.20. The molecule has 1 N–H and O–H groups in total. The van der Waals surface area contributed by atoms with Crippen molar-refractivity contribution in [2.24, 2.45) is 5.92 Å². The predicted octanol–water partition coefficient (Wildman–Crippen LogP) is 2.94. The van der Waals surface area contributed by atoms with Crippen molar-refractivity contribution < 1.29 is 5.11 Å². The molecule has 1 aromatic rings. The second kappa shape index (κ2) is 3.99. The van der Waals surface area contributed by atoms with Crippen LogP contribution in [0.3, 0.4) is 0 Å². The zero-order valence-corrected chi connectivity index (χ0v) is 11.6. The Morgan fingerprint density at radius 1 is 1.33 bits per heavy atom. The second-order valence-electron chi connectivity index (χ2n) is 6.56. The Labute approximate surface area is 110 Å². The van der Waals surface area contributed by atoms with Crippen LogP contribution in [0.1, 0.15) is 37.8 Å². The van der Waals surface area contributed by atoms with Gasteiger partial charge in [0.15, 0.2) is 0 Å². The Balaban J connectivity index is 2.09. The zero-order chi connectivity index (χ0) is 12.9. The third kappa shape index (κ3) is 1.66. The largest absolute Gasteiger partial charge is 0.508 e. The maximum atomic E-state index is 9.76. The molecule has 2 nitrogen and oxygen atoms in total. The first kappa shape index (κ1) is 12.0. The normalized spacial score (nSPS) is 30.6. The molecule has 0 saturated carbocycles. The van der Waals surface area contributed by atoms with Gasteiger partial charge in [0, 0.05) is 6.04 Å². The first-order chi connectivity index (χ1) is 8.50. The van der Waals surface area contributed by atoms with Crippen LogP contribution in [0.2, 0.25) is 0 Å². The van der Waals surface area contributed by atoms with E-state index in [9.17, 15) is 5.11 Å². The Kier molecular flexibility index (Phi) is 2.67. The zero-order valence-electron chi connectivity index (χ0n) is 11.6. The van der Waals surface area contributed by atoms with Crippen LogP contribution in [0.5, 0.6) is 5.75 Å². The molecule has 0 bridgehead atoms. The highest BCUT2D eigenvalue weighted by Gasteiger charge is 2.45. The molecule has 1 heterocycles. The van der Waals surface area contributed by atoms with Gasteiger partial charge in [-0.2, -0.15) is 0 Å². The number of hydrogen-bond acceptors (Lipinski definition) is 2. The molecular formula is C16H23NO. The Morgan fingerprint density at radius 2 is 2.11 bits per heavy atom. The molecule has 0 amide bonds. The molecule has 0 spiro atoms. The molecule has 2 aliphatic rings. The average Bonchev–Trinajstić information content (AvgIpc) is 2.32. The van der Waals surface area contributed by atoms with Crippen molar-refractivity contribution in [3.63, 3.8) is 0 Å². The Morgan fingerprint density at radius 3 is 2.89 bits per heavy atom. The Bertz CT molecular complexity index is 466. The summed E-state index contributed by atoms with van der Waals surface area (Å²) >= 11 is 0. The molecule has 1 aliphatic carbocycles. The maximum absolute atomic E-state index is 9.76. The van der Waals surface area contributed by atoms with E-state index in [1.54, 1.807) is 0 Å². The van der Waals surface area contributed by atoms with Crippen LogP contribution in [-0.4, -0.2) is 29.6 Å². The minimum Gasteiger partial charge on any atom is -0.508 e. The molecule has 1 aromatic carbocycles. The van der Waals surface area contributed by atoms with Crippen LogP contribution in [0, 0.1) is 5.92 Å². The molecule has 1 aliphatic heterocycles. The van der Waals surface area contributed by atoms with Gasteiger partial charge in [0.25, 0.3) is 0 Å². The van der Waals surface area contributed by atoms with E-state index in [4.69, 9.17) is 0 Å². The van der Waals surface area contributed by atoms with Gasteiger partial charge in [-0.25, -0.2) is 0 Å². The summed E-state index contributed by atoms with van der Waals surface area (Å²) in [6.45, 7) is 5.92. The molecule has 0 unspecified atom stereocenters. The number of phenolic OH excluding ortho intramolecular Hbond substituents is 1. The number of phenols is 1. The molecule has 3 rings (SSSR count). The van der Waals surface area contributed by atoms with Crippen molar-refractivity contribution in [1.29, 1.82) is 0 Å². The van der Waals surface area contributed by atoms with Gasteiger partial charge in [-0.1, -0.05) is 19.9 Å². The van der Waals surface area contributed by atoms with E-state index in [2.05, 4.69) is 31.9 Å². The lowest BCUT2D eigenvalue weighted by molar-refractivity contribution is 0.0637. The second-order valence-corrected chi connectivity index (χ2v) is 6.56. The van der Waals surface area contributed by atoms with Gasteiger partial charge in [-0.3, -0.25) is 0 Å². The van der Waals surface area contributed by atoms with Crippen LogP contribution in [0.4, 0.5) is 0 Å². The fourth-order valence-corrected chi connectivity index (χ4v) is 4.13. The standard InChI is InChI=1S/C16H23NO/c1-16(2)13-5-4-8-17(3)15(13)9-11-6-7-12(18)10-14(11)16/h6-7,10,13,15,18H,4-5,8-9H2,1-3H3/t13-,15+/m0/s1. The number of likely N-dealkylation sites (tertiary alicyclic amines) is 1. The van der Waals surface area contributed by atoms with E-state index in [1.807, 2.05) is 12.1 Å². The van der Waals surface area contributed by atoms with E-state index in [-0.39, 0.29) is 5.41 Å². The highest BCUT2D eigenvalue weighted by molar-refractivity contribution is 5.43. The topological polar surface area (TPSA) is 23.5 Å². The monoisotopic (exact) mass is 245 g/mol. The van der Waals surface area contributed by atoms with Crippen LogP contribution >= 0.6 is 0 Å². The summed E-state index contributed by atoms with van der Waals surface area (Å²) in [7, 11) is 2.26. The number of rotatable bonds is 0. The molecular weight excluding hydrogens is 222 g/mol. The van der Waals surface area contributed by atoms with Crippen molar-refractivity contribution in [2.45, 2.75) is 44.6 Å². The molecule has 1 saturated heterocycles. The molecule has 0 aromatic heterocycles. The summed E-state index contributed by atoms with van der Waals surface area (Å²) in [5, 5.41) is 9.76. The smallest absolute Gasteiger partial charge is 0.115 e. The van der Waals surface area contributed by atoms with Crippen molar-refractivity contribution in [2.75, 3.05) is 13.6 Å². The van der Waals surface area contributed by atoms with E-state index in [0.717, 1.165) is 6.42 Å². The molecule has 1 fully saturated rings. The quantitative estimate of drug-likeness (QED) is 0.759. The summed E-state index contributed by atoms with van der Waals surface area (Å²) in [5.74, 6) is 1.12. The summed E-state index contributed by atoms with van der Waals surface area (Å²) in [6.07, 6.45) is 3.76. The van der Waals surface area contributed by atoms with Gasteiger partial charge in [0.1, 0.15) is 5.75 Å². The molecule has 18 heavy (non-hydrogen) atoms. The van der Waals surface area contributed by atoms with Gasteiger partial charge in [-0.05, 0) is 67.4 Å². The van der Waals surface area contributed by atoms with Crippen LogP contribution in [0.15, 0.2) is 18.2 Å². The number of aromatic hydroxyl groups is 1. The van der Waals surface area contributed by atoms with Crippen molar-refractivity contribution in [3.8, 4) is 5.75 Å². The highest BCUT2D eigenvalue weighted by Crippen LogP contribution is 2.47. The van der Waals surface area contributed by atoms with Gasteiger partial charge in [0.2, 0.25) is 0 Å². The van der Waals surface area contributed by atoms with Gasteiger partial charge in [-0.15, -0.1) is 0 Å². The number of likely N-dealkylation sites (N-methyl/N-ethyl adjacent to an activating group) is 1. The first-order valence-corrected chi connectivity index (χ1v) is 7.03. The summed E-state index contributed by atoms with van der Waals surface area (Å²) in [4.78, 5) is 2.53. The van der Waals surface area contributed by atoms with Crippen LogP contribution < -0.4 is 0 Å². The van der Waals surface area contributed by atoms with Crippen molar-refractivity contribution in [1.82, 2.24) is 4.90 Å². The summed E-state index contributed by atoms with van der Waals surface area (Å²) in [6, 6.07) is 6.61. The van der Waals surface area contributed by atoms with E-state index < -0.39 is 0 Å². The van der Waals surface area contributed by atoms with Gasteiger partial charge < -0.3 is 10.0 Å². The lowest BCUT2D eigenvalue weighted by Crippen LogP contribution is -2.53. The molecule has 2 heteroatoms. The summed E-state index contributed by atoms with van der Waals surface area (Å²) < 4.78 is 0. The minimum absolute atomic E-state index is 0.172. The van der Waals surface area contributed by atoms with E-state index in [0.29, 0.717) is 17.7 Å². The van der Waals surface area contributed by atoms with Gasteiger partial charge in [0.05, 0.1) is 0 Å². The fraction of sp³-hybridized carbons (Fsp3) is 0.625. The first-order valence-electron chi connectivity index (χ1n) is 7.03. The Hall–Kier alpha value is -1.02. The van der Waals surface area contributed by atoms with Crippen LogP contribution in [-0.2, 0) is 11.8 Å². The molecule has 98 valence electrons. The molecule has 2 atom stereocenters. The van der Waals surface area contributed by atoms with Crippen molar-refractivity contribution in [3.05, 3.63) is 29.3 Å². The number of nitrogens with zero attached hydrogens (tertiary/aromatic N) is 1. The number of piperidine rings is 1. The van der Waals surface area contributed by atoms with Crippen molar-refractivity contribution >= 4 is 0 Å². The van der Waals surface area contributed by atoms with Crippen LogP contribution in [0.25, 0.3) is 0 Å². The summed E-state index contributed by atoms with van der Waals surface area (Å²) in [5.41, 5.74) is 2.96. The van der Waals surface area contributed by atoms with Gasteiger partial charge >= 0.3 is 0 Å². The van der Waals surface area contributed by atoms with E-state index >= 15 is 0 Å². The lowest BCUT2D eigenvalue weighted by atomic mass is 9.60. The fourth-order valence-electron chi connectivity index (χ4n) is 4.13. The third-order valence-electron chi connectivity index (χ3n) is 5.20. The maximum Gasteiger partial charge on any atom is 0.115 e. The average molecular weight is 245 g/mol. The SMILES string of the molecule is CN1CCC[C@H]2[C@H]1Cc1ccc(O)cc1C2(C)C. The lowest BCUT2D eigenvalue weighted by Gasteiger charge is -2.51. The molecule has 0 radical (unpaired) electrons. The number of hydrogen-bond donors (Lipinski definition) is 1. The number of fused-ring (bicyclic) bond motifs is 2. The van der Waals surface area contributed by atoms with E-state index in [1.165, 1.54) is 30.5 Å². The predicted molar refractivity (Wildman–Crippen MR) is 74.0 cm³/mol. The number of benzene rings is 1. The highest BCUT2D eigenvalue weighted by atomic mass is 16.3.